The van der Waals surface area contributed by atoms with Crippen molar-refractivity contribution in [1.82, 2.24) is 0 Å². The number of nitrogens with zero attached hydrogens (tertiary/aromatic N) is 3. The lowest BCUT2D eigenvalue weighted by Crippen LogP contribution is -2.42. The van der Waals surface area contributed by atoms with Gasteiger partial charge in [0, 0.05) is 11.8 Å². The Morgan fingerprint density at radius 3 is 2.39 bits per heavy atom. The summed E-state index contributed by atoms with van der Waals surface area (Å²) in [5, 5.41) is 28.8. The average molecular weight is 447 g/mol. The number of anilines is 4. The number of carbonyl (C=O) groups is 2. The fourth-order valence-corrected chi connectivity index (χ4v) is 3.50. The van der Waals surface area contributed by atoms with Crippen LogP contribution in [0.4, 0.5) is 34.1 Å². The Morgan fingerprint density at radius 1 is 1.03 bits per heavy atom. The number of aryl methyl sites for hydroxylation is 1. The quantitative estimate of drug-likeness (QED) is 0.441. The Kier molecular flexibility index (Phi) is 5.44. The standard InChI is InChI=1S/C22H17N5O6/c1-13-6-8-14(9-7-13)23-21-16(10-15(26(30)31)11-19(21)27(32)33)22(29)25-12-20(28)24-17-4-2-3-5-18(17)25/h2-11,23H,12H2,1H3,(H,24,28). The molecule has 1 aliphatic heterocycles. The second-order valence-electron chi connectivity index (χ2n) is 7.35. The molecule has 4 rings (SSSR count). The van der Waals surface area contributed by atoms with Crippen LogP contribution >= 0.6 is 0 Å². The lowest BCUT2D eigenvalue weighted by atomic mass is 10.1. The highest BCUT2D eigenvalue weighted by molar-refractivity contribution is 6.18. The maximum Gasteiger partial charge on any atom is 0.300 e. The number of hydrogen-bond donors (Lipinski definition) is 2. The number of nitro groups is 2. The number of non-ortho nitro benzene ring substituents is 1. The van der Waals surface area contributed by atoms with Crippen molar-refractivity contribution >= 4 is 45.9 Å². The highest BCUT2D eigenvalue weighted by Gasteiger charge is 2.33. The molecule has 1 heterocycles. The SMILES string of the molecule is Cc1ccc(Nc2c(C(=O)N3CC(=O)Nc4ccccc43)cc([N+](=O)[O-])cc2[N+](=O)[O-])cc1. The van der Waals surface area contributed by atoms with Crippen LogP contribution in [-0.2, 0) is 4.79 Å². The van der Waals surface area contributed by atoms with E-state index in [0.717, 1.165) is 22.6 Å². The molecule has 0 saturated heterocycles. The van der Waals surface area contributed by atoms with E-state index in [2.05, 4.69) is 10.6 Å². The molecule has 0 fully saturated rings. The van der Waals surface area contributed by atoms with Gasteiger partial charge < -0.3 is 10.6 Å². The summed E-state index contributed by atoms with van der Waals surface area (Å²) in [5.74, 6) is -1.26. The molecule has 0 spiro atoms. The number of carbonyl (C=O) groups excluding carboxylic acids is 2. The van der Waals surface area contributed by atoms with E-state index in [1.165, 1.54) is 0 Å². The normalized spacial score (nSPS) is 12.5. The van der Waals surface area contributed by atoms with Gasteiger partial charge >= 0.3 is 0 Å². The van der Waals surface area contributed by atoms with Crippen LogP contribution in [0.3, 0.4) is 0 Å². The summed E-state index contributed by atoms with van der Waals surface area (Å²) in [6.07, 6.45) is 0. The van der Waals surface area contributed by atoms with Crippen LogP contribution in [0.5, 0.6) is 0 Å². The van der Waals surface area contributed by atoms with E-state index < -0.39 is 33.0 Å². The van der Waals surface area contributed by atoms with E-state index in [9.17, 15) is 29.8 Å². The third-order valence-corrected chi connectivity index (χ3v) is 5.08. The molecule has 2 amide bonds. The molecule has 11 nitrogen and oxygen atoms in total. The molecule has 0 unspecified atom stereocenters. The minimum absolute atomic E-state index is 0.206. The van der Waals surface area contributed by atoms with Gasteiger partial charge in [0.15, 0.2) is 0 Å². The van der Waals surface area contributed by atoms with Crippen LogP contribution in [0.15, 0.2) is 60.7 Å². The molecule has 0 aliphatic carbocycles. The number of benzene rings is 3. The molecular weight excluding hydrogens is 430 g/mol. The molecule has 11 heteroatoms. The van der Waals surface area contributed by atoms with Crippen molar-refractivity contribution in [3.8, 4) is 0 Å². The topological polar surface area (TPSA) is 148 Å². The minimum Gasteiger partial charge on any atom is -0.349 e. The summed E-state index contributed by atoms with van der Waals surface area (Å²) in [7, 11) is 0. The Labute approximate surface area is 186 Å². The number of para-hydroxylation sites is 2. The van der Waals surface area contributed by atoms with Gasteiger partial charge in [0.05, 0.1) is 32.9 Å². The zero-order valence-corrected chi connectivity index (χ0v) is 17.3. The predicted octanol–water partition coefficient (Wildman–Crippen LogP) is 4.15. The highest BCUT2D eigenvalue weighted by Crippen LogP contribution is 2.38. The second kappa shape index (κ2) is 8.38. The first-order chi connectivity index (χ1) is 15.7. The summed E-state index contributed by atoms with van der Waals surface area (Å²) in [5.41, 5.74) is 0.392. The van der Waals surface area contributed by atoms with Gasteiger partial charge in [-0.25, -0.2) is 0 Å². The Morgan fingerprint density at radius 2 is 1.73 bits per heavy atom. The molecule has 0 atom stereocenters. The van der Waals surface area contributed by atoms with Gasteiger partial charge in [0.25, 0.3) is 17.3 Å². The van der Waals surface area contributed by atoms with Gasteiger partial charge in [-0.1, -0.05) is 29.8 Å². The number of nitro benzene ring substituents is 2. The van der Waals surface area contributed by atoms with Crippen molar-refractivity contribution < 1.29 is 19.4 Å². The lowest BCUT2D eigenvalue weighted by Gasteiger charge is -2.29. The number of fused-ring (bicyclic) bond motifs is 1. The molecule has 0 bridgehead atoms. The van der Waals surface area contributed by atoms with E-state index in [4.69, 9.17) is 0 Å². The Bertz CT molecular complexity index is 1310. The first-order valence-corrected chi connectivity index (χ1v) is 9.76. The maximum absolute atomic E-state index is 13.6. The summed E-state index contributed by atoms with van der Waals surface area (Å²) >= 11 is 0. The molecule has 0 aromatic heterocycles. The van der Waals surface area contributed by atoms with Crippen molar-refractivity contribution in [2.75, 3.05) is 22.1 Å². The minimum atomic E-state index is -0.809. The van der Waals surface area contributed by atoms with Crippen molar-refractivity contribution in [2.24, 2.45) is 0 Å². The van der Waals surface area contributed by atoms with E-state index >= 15 is 0 Å². The Balaban J connectivity index is 1.89. The van der Waals surface area contributed by atoms with Gasteiger partial charge in [-0.05, 0) is 31.2 Å². The van der Waals surface area contributed by atoms with Gasteiger partial charge in [0.1, 0.15) is 12.2 Å². The third-order valence-electron chi connectivity index (χ3n) is 5.08. The van der Waals surface area contributed by atoms with Crippen LogP contribution in [-0.4, -0.2) is 28.2 Å². The summed E-state index contributed by atoms with van der Waals surface area (Å²) in [6, 6.07) is 15.2. The van der Waals surface area contributed by atoms with Crippen molar-refractivity contribution in [2.45, 2.75) is 6.92 Å². The van der Waals surface area contributed by atoms with E-state index in [0.29, 0.717) is 17.1 Å². The van der Waals surface area contributed by atoms with Gasteiger partial charge in [-0.15, -0.1) is 0 Å². The zero-order valence-electron chi connectivity index (χ0n) is 17.3. The molecule has 2 N–H and O–H groups in total. The zero-order chi connectivity index (χ0) is 23.7. The molecule has 0 saturated carbocycles. The van der Waals surface area contributed by atoms with Crippen molar-refractivity contribution in [3.05, 3.63) is 92.0 Å². The van der Waals surface area contributed by atoms with Gasteiger partial charge in [0.2, 0.25) is 5.91 Å². The largest absolute Gasteiger partial charge is 0.349 e. The van der Waals surface area contributed by atoms with Crippen LogP contribution in [0.2, 0.25) is 0 Å². The molecule has 3 aromatic rings. The molecule has 1 aliphatic rings. The van der Waals surface area contributed by atoms with Crippen molar-refractivity contribution in [3.63, 3.8) is 0 Å². The first-order valence-electron chi connectivity index (χ1n) is 9.76. The smallest absolute Gasteiger partial charge is 0.300 e. The van der Waals surface area contributed by atoms with E-state index in [-0.39, 0.29) is 17.8 Å². The molecule has 33 heavy (non-hydrogen) atoms. The number of nitrogens with one attached hydrogen (secondary N) is 2. The van der Waals surface area contributed by atoms with Crippen LogP contribution < -0.4 is 15.5 Å². The van der Waals surface area contributed by atoms with Crippen LogP contribution in [0, 0.1) is 27.2 Å². The second-order valence-corrected chi connectivity index (χ2v) is 7.35. The fraction of sp³-hybridized carbons (Fsp3) is 0.0909. The van der Waals surface area contributed by atoms with E-state index in [1.807, 2.05) is 6.92 Å². The van der Waals surface area contributed by atoms with Crippen LogP contribution in [0.1, 0.15) is 15.9 Å². The summed E-state index contributed by atoms with van der Waals surface area (Å²) < 4.78 is 0. The molecule has 0 radical (unpaired) electrons. The molecule has 3 aromatic carbocycles. The number of hydrogen-bond acceptors (Lipinski definition) is 7. The van der Waals surface area contributed by atoms with Gasteiger partial charge in [-0.2, -0.15) is 0 Å². The summed E-state index contributed by atoms with van der Waals surface area (Å²) in [6.45, 7) is 1.52. The molecular formula is C22H17N5O6. The third kappa shape index (κ3) is 4.19. The molecule has 166 valence electrons. The fourth-order valence-electron chi connectivity index (χ4n) is 3.50. The van der Waals surface area contributed by atoms with Crippen molar-refractivity contribution in [1.29, 1.82) is 0 Å². The monoisotopic (exact) mass is 447 g/mol. The maximum atomic E-state index is 13.6. The number of rotatable bonds is 5. The van der Waals surface area contributed by atoms with Crippen LogP contribution in [0.25, 0.3) is 0 Å². The van der Waals surface area contributed by atoms with E-state index in [1.54, 1.807) is 48.5 Å². The average Bonchev–Trinajstić information content (AvgIpc) is 2.79. The lowest BCUT2D eigenvalue weighted by molar-refractivity contribution is -0.393. The summed E-state index contributed by atoms with van der Waals surface area (Å²) in [4.78, 5) is 48.6. The Hall–Kier alpha value is -4.80. The highest BCUT2D eigenvalue weighted by atomic mass is 16.6. The number of amides is 2. The van der Waals surface area contributed by atoms with Gasteiger partial charge in [-0.3, -0.25) is 34.7 Å². The predicted molar refractivity (Wildman–Crippen MR) is 121 cm³/mol. The first kappa shape index (κ1) is 21.4.